The first-order valence-corrected chi connectivity index (χ1v) is 7.75. The van der Waals surface area contributed by atoms with Crippen molar-refractivity contribution in [2.24, 2.45) is 0 Å². The Morgan fingerprint density at radius 1 is 1.00 bits per heavy atom. The van der Waals surface area contributed by atoms with Gasteiger partial charge in [0, 0.05) is 13.1 Å². The van der Waals surface area contributed by atoms with E-state index in [1.807, 2.05) is 0 Å². The first kappa shape index (κ1) is 16.5. The minimum absolute atomic E-state index is 0.103. The number of rotatable bonds is 5. The summed E-state index contributed by atoms with van der Waals surface area (Å²) in [4.78, 5) is 37.5. The van der Waals surface area contributed by atoms with Crippen molar-refractivity contribution in [2.75, 3.05) is 25.5 Å². The largest absolute Gasteiger partial charge is 0.495 e. The zero-order chi connectivity index (χ0) is 17.8. The number of amides is 4. The molecule has 25 heavy (non-hydrogen) atoms. The second kappa shape index (κ2) is 7.04. The number of carbonyl (C=O) groups excluding carboxylic acids is 3. The number of carbonyl (C=O) groups is 3. The van der Waals surface area contributed by atoms with E-state index in [-0.39, 0.29) is 24.9 Å². The molecule has 7 nitrogen and oxygen atoms in total. The average molecular weight is 339 g/mol. The molecule has 128 valence electrons. The van der Waals surface area contributed by atoms with Gasteiger partial charge in [0.05, 0.1) is 23.9 Å². The predicted molar refractivity (Wildman–Crippen MR) is 91.8 cm³/mol. The first-order chi connectivity index (χ1) is 12.1. The molecule has 4 amide bonds. The molecule has 2 aromatic carbocycles. The van der Waals surface area contributed by atoms with Crippen LogP contribution in [-0.2, 0) is 0 Å². The Balaban J connectivity index is 1.54. The monoisotopic (exact) mass is 339 g/mol. The lowest BCUT2D eigenvalue weighted by atomic mass is 10.1. The second-order valence-electron chi connectivity index (χ2n) is 5.39. The number of fused-ring (bicyclic) bond motifs is 1. The normalized spacial score (nSPS) is 12.8. The van der Waals surface area contributed by atoms with E-state index < -0.39 is 6.03 Å². The van der Waals surface area contributed by atoms with Crippen LogP contribution in [0.25, 0.3) is 0 Å². The molecule has 0 saturated heterocycles. The molecule has 0 aliphatic carbocycles. The van der Waals surface area contributed by atoms with Gasteiger partial charge in [-0.25, -0.2) is 4.79 Å². The standard InChI is InChI=1S/C18H17N3O4/c1-25-15-9-5-4-8-14(15)20-18(24)19-10-11-21-16(22)12-6-2-3-7-13(12)17(21)23/h2-9H,10-11H2,1H3,(H2,19,20,24). The van der Waals surface area contributed by atoms with Crippen LogP contribution in [0.4, 0.5) is 10.5 Å². The molecule has 1 aliphatic heterocycles. The van der Waals surface area contributed by atoms with Crippen LogP contribution in [0.15, 0.2) is 48.5 Å². The van der Waals surface area contributed by atoms with Crippen molar-refractivity contribution in [1.29, 1.82) is 0 Å². The highest BCUT2D eigenvalue weighted by molar-refractivity contribution is 6.21. The van der Waals surface area contributed by atoms with Crippen LogP contribution in [0.2, 0.25) is 0 Å². The Bertz CT molecular complexity index is 800. The summed E-state index contributed by atoms with van der Waals surface area (Å²) in [6, 6.07) is 13.2. The van der Waals surface area contributed by atoms with Crippen molar-refractivity contribution in [2.45, 2.75) is 0 Å². The van der Waals surface area contributed by atoms with E-state index in [0.29, 0.717) is 22.6 Å². The third kappa shape index (κ3) is 3.30. The van der Waals surface area contributed by atoms with Gasteiger partial charge in [-0.15, -0.1) is 0 Å². The van der Waals surface area contributed by atoms with Crippen LogP contribution in [0, 0.1) is 0 Å². The van der Waals surface area contributed by atoms with Gasteiger partial charge >= 0.3 is 6.03 Å². The second-order valence-corrected chi connectivity index (χ2v) is 5.39. The summed E-state index contributed by atoms with van der Waals surface area (Å²) in [6.45, 7) is 0.248. The fraction of sp³-hybridized carbons (Fsp3) is 0.167. The number of anilines is 1. The Morgan fingerprint density at radius 3 is 2.24 bits per heavy atom. The Kier molecular flexibility index (Phi) is 4.65. The summed E-state index contributed by atoms with van der Waals surface area (Å²) in [5.41, 5.74) is 1.32. The molecule has 0 atom stereocenters. The Labute approximate surface area is 144 Å². The van der Waals surface area contributed by atoms with Gasteiger partial charge in [0.1, 0.15) is 5.75 Å². The fourth-order valence-corrected chi connectivity index (χ4v) is 2.64. The molecule has 1 aliphatic rings. The number of methoxy groups -OCH3 is 1. The van der Waals surface area contributed by atoms with Gasteiger partial charge in [-0.2, -0.15) is 0 Å². The van der Waals surface area contributed by atoms with Crippen molar-refractivity contribution < 1.29 is 19.1 Å². The van der Waals surface area contributed by atoms with Gasteiger partial charge in [0.15, 0.2) is 0 Å². The van der Waals surface area contributed by atoms with E-state index >= 15 is 0 Å². The minimum Gasteiger partial charge on any atom is -0.495 e. The molecular formula is C18H17N3O4. The zero-order valence-electron chi connectivity index (χ0n) is 13.6. The molecule has 0 unspecified atom stereocenters. The van der Waals surface area contributed by atoms with E-state index in [1.165, 1.54) is 7.11 Å². The molecule has 2 aromatic rings. The van der Waals surface area contributed by atoms with E-state index in [0.717, 1.165) is 4.90 Å². The Hall–Kier alpha value is -3.35. The highest BCUT2D eigenvalue weighted by Gasteiger charge is 2.34. The zero-order valence-corrected chi connectivity index (χ0v) is 13.6. The SMILES string of the molecule is COc1ccccc1NC(=O)NCCN1C(=O)c2ccccc2C1=O. The maximum absolute atomic E-state index is 12.2. The smallest absolute Gasteiger partial charge is 0.319 e. The molecule has 3 rings (SSSR count). The first-order valence-electron chi connectivity index (χ1n) is 7.75. The number of hydrogen-bond donors (Lipinski definition) is 2. The van der Waals surface area contributed by atoms with Gasteiger partial charge in [0.2, 0.25) is 0 Å². The topological polar surface area (TPSA) is 87.7 Å². The van der Waals surface area contributed by atoms with Gasteiger partial charge in [0.25, 0.3) is 11.8 Å². The summed E-state index contributed by atoms with van der Waals surface area (Å²) < 4.78 is 5.16. The summed E-state index contributed by atoms with van der Waals surface area (Å²) in [7, 11) is 1.51. The maximum atomic E-state index is 12.2. The minimum atomic E-state index is -0.443. The molecule has 0 saturated carbocycles. The molecule has 2 N–H and O–H groups in total. The molecule has 1 heterocycles. The van der Waals surface area contributed by atoms with Crippen molar-refractivity contribution in [3.05, 3.63) is 59.7 Å². The molecule has 0 spiro atoms. The average Bonchev–Trinajstić information content (AvgIpc) is 2.87. The van der Waals surface area contributed by atoms with E-state index in [4.69, 9.17) is 4.74 Å². The molecule has 0 fully saturated rings. The van der Waals surface area contributed by atoms with E-state index in [2.05, 4.69) is 10.6 Å². The number of benzene rings is 2. The third-order valence-corrected chi connectivity index (χ3v) is 3.85. The summed E-state index contributed by atoms with van der Waals surface area (Å²) >= 11 is 0. The molecule has 0 aromatic heterocycles. The number of para-hydroxylation sites is 2. The highest BCUT2D eigenvalue weighted by atomic mass is 16.5. The Morgan fingerprint density at radius 2 is 1.60 bits per heavy atom. The number of nitrogens with one attached hydrogen (secondary N) is 2. The van der Waals surface area contributed by atoms with Crippen LogP contribution in [0.5, 0.6) is 5.75 Å². The van der Waals surface area contributed by atoms with Crippen molar-refractivity contribution in [3.63, 3.8) is 0 Å². The number of nitrogens with zero attached hydrogens (tertiary/aromatic N) is 1. The predicted octanol–water partition coefficient (Wildman–Crippen LogP) is 2.11. The number of hydrogen-bond acceptors (Lipinski definition) is 4. The lowest BCUT2D eigenvalue weighted by Gasteiger charge is -2.15. The van der Waals surface area contributed by atoms with E-state index in [1.54, 1.807) is 48.5 Å². The van der Waals surface area contributed by atoms with Crippen molar-refractivity contribution in [1.82, 2.24) is 10.2 Å². The number of urea groups is 1. The van der Waals surface area contributed by atoms with Crippen LogP contribution >= 0.6 is 0 Å². The van der Waals surface area contributed by atoms with Crippen molar-refractivity contribution >= 4 is 23.5 Å². The lowest BCUT2D eigenvalue weighted by molar-refractivity contribution is 0.0656. The maximum Gasteiger partial charge on any atom is 0.319 e. The van der Waals surface area contributed by atoms with Gasteiger partial charge in [-0.05, 0) is 24.3 Å². The molecule has 0 radical (unpaired) electrons. The fourth-order valence-electron chi connectivity index (χ4n) is 2.64. The quantitative estimate of drug-likeness (QED) is 0.817. The third-order valence-electron chi connectivity index (χ3n) is 3.85. The van der Waals surface area contributed by atoms with Crippen molar-refractivity contribution in [3.8, 4) is 5.75 Å². The molecule has 0 bridgehead atoms. The lowest BCUT2D eigenvalue weighted by Crippen LogP contribution is -2.39. The highest BCUT2D eigenvalue weighted by Crippen LogP contribution is 2.23. The van der Waals surface area contributed by atoms with Gasteiger partial charge in [-0.3, -0.25) is 14.5 Å². The van der Waals surface area contributed by atoms with Crippen LogP contribution in [0.3, 0.4) is 0 Å². The van der Waals surface area contributed by atoms with Gasteiger partial charge in [-0.1, -0.05) is 24.3 Å². The summed E-state index contributed by atoms with van der Waals surface area (Å²) in [6.07, 6.45) is 0. The number of ether oxygens (including phenoxy) is 1. The number of imide groups is 1. The van der Waals surface area contributed by atoms with Gasteiger partial charge < -0.3 is 15.4 Å². The summed E-state index contributed by atoms with van der Waals surface area (Å²) in [5.74, 6) is -0.141. The summed E-state index contributed by atoms with van der Waals surface area (Å²) in [5, 5.41) is 5.29. The van der Waals surface area contributed by atoms with Crippen LogP contribution in [-0.4, -0.2) is 42.9 Å². The van der Waals surface area contributed by atoms with Crippen LogP contribution in [0.1, 0.15) is 20.7 Å². The molecule has 7 heteroatoms. The van der Waals surface area contributed by atoms with E-state index in [9.17, 15) is 14.4 Å². The molecular weight excluding hydrogens is 322 g/mol. The van der Waals surface area contributed by atoms with Crippen LogP contribution < -0.4 is 15.4 Å².